The van der Waals surface area contributed by atoms with Crippen LogP contribution in [0, 0.1) is 45.3 Å². The zero-order valence-electron chi connectivity index (χ0n) is 14.8. The molecule has 0 radical (unpaired) electrons. The topological polar surface area (TPSA) is 97.4 Å². The molecule has 2 aliphatic rings. The fourth-order valence-corrected chi connectivity index (χ4v) is 4.74. The largest absolute Gasteiger partial charge is 0.399 e. The van der Waals surface area contributed by atoms with E-state index < -0.39 is 11.3 Å². The van der Waals surface area contributed by atoms with Gasteiger partial charge in [-0.3, -0.25) is 0 Å². The van der Waals surface area contributed by atoms with E-state index in [-0.39, 0.29) is 11.6 Å². The van der Waals surface area contributed by atoms with E-state index in [4.69, 9.17) is 5.73 Å². The zero-order chi connectivity index (χ0) is 19.0. The zero-order valence-corrected chi connectivity index (χ0v) is 14.8. The van der Waals surface area contributed by atoms with E-state index in [1.807, 2.05) is 42.5 Å². The van der Waals surface area contributed by atoms with Crippen molar-refractivity contribution in [3.8, 4) is 18.2 Å². The van der Waals surface area contributed by atoms with Gasteiger partial charge < -0.3 is 5.73 Å². The number of benzene rings is 2. The summed E-state index contributed by atoms with van der Waals surface area (Å²) < 4.78 is 0. The first-order valence-electron chi connectivity index (χ1n) is 9.09. The summed E-state index contributed by atoms with van der Waals surface area (Å²) in [7, 11) is 0. The van der Waals surface area contributed by atoms with Gasteiger partial charge in [0.1, 0.15) is 6.07 Å². The highest BCUT2D eigenvalue weighted by molar-refractivity contribution is 5.87. The van der Waals surface area contributed by atoms with Crippen LogP contribution in [0.3, 0.4) is 0 Å². The summed E-state index contributed by atoms with van der Waals surface area (Å²) in [5.74, 6) is -0.465. The molecule has 0 bridgehead atoms. The van der Waals surface area contributed by atoms with Crippen LogP contribution in [0.1, 0.15) is 30.7 Å². The molecule has 0 saturated carbocycles. The summed E-state index contributed by atoms with van der Waals surface area (Å²) >= 11 is 0. The van der Waals surface area contributed by atoms with Crippen LogP contribution in [-0.2, 0) is 0 Å². The molecule has 0 aromatic heterocycles. The van der Waals surface area contributed by atoms with Crippen LogP contribution in [0.2, 0.25) is 0 Å². The van der Waals surface area contributed by atoms with Gasteiger partial charge in [-0.25, -0.2) is 0 Å². The summed E-state index contributed by atoms with van der Waals surface area (Å²) in [4.78, 5) is 0. The summed E-state index contributed by atoms with van der Waals surface area (Å²) in [6.07, 6.45) is 4.76. The minimum absolute atomic E-state index is 0.0641. The molecule has 2 unspecified atom stereocenters. The number of nitrogens with zero attached hydrogens (tertiary/aromatic N) is 3. The van der Waals surface area contributed by atoms with Gasteiger partial charge in [0.25, 0.3) is 0 Å². The van der Waals surface area contributed by atoms with Crippen molar-refractivity contribution in [2.75, 3.05) is 0 Å². The van der Waals surface area contributed by atoms with Gasteiger partial charge >= 0.3 is 0 Å². The summed E-state index contributed by atoms with van der Waals surface area (Å²) in [6, 6.07) is 20.6. The Kier molecular flexibility index (Phi) is 3.95. The number of hydrogen-bond donors (Lipinski definition) is 1. The fourth-order valence-electron chi connectivity index (χ4n) is 4.74. The van der Waals surface area contributed by atoms with E-state index in [9.17, 15) is 15.8 Å². The van der Waals surface area contributed by atoms with Gasteiger partial charge in [0.15, 0.2) is 5.41 Å². The highest BCUT2D eigenvalue weighted by Crippen LogP contribution is 2.56. The van der Waals surface area contributed by atoms with Crippen LogP contribution < -0.4 is 5.73 Å². The predicted molar refractivity (Wildman–Crippen MR) is 103 cm³/mol. The lowest BCUT2D eigenvalue weighted by atomic mass is 9.56. The van der Waals surface area contributed by atoms with Gasteiger partial charge in [-0.05, 0) is 47.1 Å². The van der Waals surface area contributed by atoms with Gasteiger partial charge in [-0.15, -0.1) is 0 Å². The average molecular weight is 350 g/mol. The quantitative estimate of drug-likeness (QED) is 0.822. The molecule has 4 heteroatoms. The first-order valence-corrected chi connectivity index (χ1v) is 9.09. The fraction of sp³-hybridized carbons (Fsp3) is 0.261. The van der Waals surface area contributed by atoms with Crippen LogP contribution in [0.25, 0.3) is 10.8 Å². The Labute approximate surface area is 158 Å². The van der Waals surface area contributed by atoms with Crippen molar-refractivity contribution in [1.29, 1.82) is 15.8 Å². The predicted octanol–water partition coefficient (Wildman–Crippen LogP) is 4.43. The van der Waals surface area contributed by atoms with E-state index >= 15 is 0 Å². The number of allylic oxidation sites excluding steroid dienone is 4. The van der Waals surface area contributed by atoms with Crippen LogP contribution in [0.5, 0.6) is 0 Å². The van der Waals surface area contributed by atoms with Crippen LogP contribution in [0.4, 0.5) is 0 Å². The average Bonchev–Trinajstić information content (AvgIpc) is 2.73. The minimum Gasteiger partial charge on any atom is -0.399 e. The van der Waals surface area contributed by atoms with Gasteiger partial charge in [-0.1, -0.05) is 48.5 Å². The van der Waals surface area contributed by atoms with Crippen molar-refractivity contribution in [2.24, 2.45) is 17.1 Å². The van der Waals surface area contributed by atoms with Gasteiger partial charge in [0.2, 0.25) is 0 Å². The molecule has 2 atom stereocenters. The molecule has 0 fully saturated rings. The highest BCUT2D eigenvalue weighted by Gasteiger charge is 2.54. The third-order valence-electron chi connectivity index (χ3n) is 5.96. The van der Waals surface area contributed by atoms with E-state index in [0.717, 1.165) is 41.2 Å². The summed E-state index contributed by atoms with van der Waals surface area (Å²) in [6.45, 7) is 0. The van der Waals surface area contributed by atoms with Crippen LogP contribution in [-0.4, -0.2) is 0 Å². The highest BCUT2D eigenvalue weighted by atomic mass is 14.7. The normalized spacial score (nSPS) is 23.5. The van der Waals surface area contributed by atoms with Crippen molar-refractivity contribution in [2.45, 2.75) is 25.2 Å². The molecule has 2 aromatic carbocycles. The molecule has 130 valence electrons. The molecular weight excluding hydrogens is 332 g/mol. The van der Waals surface area contributed by atoms with Crippen molar-refractivity contribution in [3.05, 3.63) is 70.9 Å². The number of rotatable bonds is 1. The second-order valence-corrected chi connectivity index (χ2v) is 7.18. The third kappa shape index (κ3) is 2.26. The molecular formula is C23H18N4. The van der Waals surface area contributed by atoms with Gasteiger partial charge in [0.05, 0.1) is 23.4 Å². The molecule has 0 saturated heterocycles. The molecule has 0 aliphatic heterocycles. The van der Waals surface area contributed by atoms with E-state index in [2.05, 4.69) is 24.3 Å². The Morgan fingerprint density at radius 1 is 1.00 bits per heavy atom. The molecule has 4 nitrogen and oxygen atoms in total. The minimum atomic E-state index is -1.55. The van der Waals surface area contributed by atoms with Crippen molar-refractivity contribution >= 4 is 10.8 Å². The van der Waals surface area contributed by atoms with Crippen LogP contribution >= 0.6 is 0 Å². The number of hydrogen-bond acceptors (Lipinski definition) is 4. The number of fused-ring (bicyclic) bond motifs is 2. The summed E-state index contributed by atoms with van der Waals surface area (Å²) in [5.41, 5.74) is 7.06. The van der Waals surface area contributed by atoms with E-state index in [1.54, 1.807) is 0 Å². The van der Waals surface area contributed by atoms with Crippen molar-refractivity contribution in [3.63, 3.8) is 0 Å². The Morgan fingerprint density at radius 3 is 2.48 bits per heavy atom. The van der Waals surface area contributed by atoms with Crippen molar-refractivity contribution in [1.82, 2.24) is 0 Å². The smallest absolute Gasteiger partial charge is 0.191 e. The second kappa shape index (κ2) is 6.31. The molecule has 4 rings (SSSR count). The number of nitrogens with two attached hydrogens (primary N) is 1. The van der Waals surface area contributed by atoms with Gasteiger partial charge in [0, 0.05) is 5.92 Å². The maximum atomic E-state index is 10.1. The Morgan fingerprint density at radius 2 is 1.74 bits per heavy atom. The summed E-state index contributed by atoms with van der Waals surface area (Å²) in [5, 5.41) is 32.0. The van der Waals surface area contributed by atoms with Gasteiger partial charge in [-0.2, -0.15) is 15.8 Å². The lowest BCUT2D eigenvalue weighted by Crippen LogP contribution is -2.42. The Bertz CT molecular complexity index is 1100. The third-order valence-corrected chi connectivity index (χ3v) is 5.96. The lowest BCUT2D eigenvalue weighted by molar-refractivity contribution is 0.319. The van der Waals surface area contributed by atoms with Crippen molar-refractivity contribution < 1.29 is 0 Å². The SMILES string of the molecule is N#CC1=C(N)C(C#N)(C#N)C(c2cccc3ccccc23)C2CCCC=C12. The first-order chi connectivity index (χ1) is 13.2. The molecule has 0 amide bonds. The molecule has 2 aromatic rings. The lowest BCUT2D eigenvalue weighted by Gasteiger charge is -2.43. The maximum Gasteiger partial charge on any atom is 0.191 e. The standard InChI is InChI=1S/C23H18N4/c24-12-20-17-9-3-4-10-19(17)21(23(13-25,14-26)22(20)27)18-11-5-7-15-6-1-2-8-16(15)18/h1-2,5-9,11,19,21H,3-4,10,27H2. The maximum absolute atomic E-state index is 10.1. The second-order valence-electron chi connectivity index (χ2n) is 7.18. The molecule has 0 spiro atoms. The molecule has 2 aliphatic carbocycles. The van der Waals surface area contributed by atoms with Crippen LogP contribution in [0.15, 0.2) is 65.4 Å². The Hall–Kier alpha value is -3.55. The first kappa shape index (κ1) is 16.9. The van der Waals surface area contributed by atoms with E-state index in [0.29, 0.717) is 5.57 Å². The molecule has 0 heterocycles. The van der Waals surface area contributed by atoms with E-state index in [1.165, 1.54) is 0 Å². The monoisotopic (exact) mass is 350 g/mol. The Balaban J connectivity index is 2.09. The molecule has 27 heavy (non-hydrogen) atoms. The molecule has 2 N–H and O–H groups in total. The number of nitriles is 3.